The molecule has 2 aromatic heterocycles. The monoisotopic (exact) mass is 399 g/mol. The Bertz CT molecular complexity index is 1080. The number of aromatic nitrogens is 2. The predicted molar refractivity (Wildman–Crippen MR) is 107 cm³/mol. The van der Waals surface area contributed by atoms with Crippen molar-refractivity contribution in [3.63, 3.8) is 0 Å². The molecule has 1 aromatic carbocycles. The van der Waals surface area contributed by atoms with Crippen LogP contribution in [0.1, 0.15) is 28.8 Å². The first kappa shape index (κ1) is 18.2. The smallest absolute Gasteiger partial charge is 0.263 e. The number of benzene rings is 1. The summed E-state index contributed by atoms with van der Waals surface area (Å²) in [5.74, 6) is -0.0197. The van der Waals surface area contributed by atoms with Crippen molar-refractivity contribution < 1.29 is 4.39 Å². The van der Waals surface area contributed by atoms with Crippen LogP contribution in [-0.2, 0) is 25.8 Å². The van der Waals surface area contributed by atoms with Crippen LogP contribution in [0.5, 0.6) is 0 Å². The molecule has 0 saturated carbocycles. The molecular weight excluding hydrogens is 381 g/mol. The Balaban J connectivity index is 1.76. The molecular formula is C20H18FN3OS2. The molecule has 7 heteroatoms. The molecule has 0 atom stereocenters. The molecule has 0 spiro atoms. The van der Waals surface area contributed by atoms with E-state index in [-0.39, 0.29) is 17.1 Å². The molecule has 0 N–H and O–H groups in total. The maximum absolute atomic E-state index is 13.3. The first-order chi connectivity index (χ1) is 13.2. The summed E-state index contributed by atoms with van der Waals surface area (Å²) in [7, 11) is 0. The first-order valence-electron chi connectivity index (χ1n) is 8.96. The van der Waals surface area contributed by atoms with E-state index in [1.54, 1.807) is 28.0 Å². The third kappa shape index (κ3) is 3.64. The summed E-state index contributed by atoms with van der Waals surface area (Å²) < 4.78 is 14.8. The van der Waals surface area contributed by atoms with Gasteiger partial charge in [0.2, 0.25) is 0 Å². The van der Waals surface area contributed by atoms with Gasteiger partial charge in [-0.1, -0.05) is 23.9 Å². The van der Waals surface area contributed by atoms with Crippen LogP contribution in [0.15, 0.2) is 34.2 Å². The van der Waals surface area contributed by atoms with E-state index in [2.05, 4.69) is 6.07 Å². The van der Waals surface area contributed by atoms with Crippen LogP contribution >= 0.6 is 23.1 Å². The van der Waals surface area contributed by atoms with Gasteiger partial charge in [0.15, 0.2) is 5.16 Å². The number of nitrogens with zero attached hydrogens (tertiary/aromatic N) is 3. The molecule has 2 heterocycles. The lowest BCUT2D eigenvalue weighted by molar-refractivity contribution is 0.593. The Morgan fingerprint density at radius 2 is 2.04 bits per heavy atom. The molecule has 0 amide bonds. The molecule has 0 fully saturated rings. The average Bonchev–Trinajstić information content (AvgIpc) is 3.05. The van der Waals surface area contributed by atoms with Crippen LogP contribution in [0.25, 0.3) is 10.2 Å². The number of rotatable bonds is 5. The molecule has 27 heavy (non-hydrogen) atoms. The van der Waals surface area contributed by atoms with Gasteiger partial charge in [0.05, 0.1) is 17.2 Å². The van der Waals surface area contributed by atoms with E-state index < -0.39 is 0 Å². The second-order valence-electron chi connectivity index (χ2n) is 6.57. The van der Waals surface area contributed by atoms with Crippen molar-refractivity contribution in [1.29, 1.82) is 5.26 Å². The highest BCUT2D eigenvalue weighted by molar-refractivity contribution is 7.99. The van der Waals surface area contributed by atoms with E-state index in [1.807, 2.05) is 0 Å². The Kier molecular flexibility index (Phi) is 5.28. The van der Waals surface area contributed by atoms with Crippen molar-refractivity contribution in [2.45, 2.75) is 43.8 Å². The maximum atomic E-state index is 13.3. The molecule has 0 aliphatic heterocycles. The Morgan fingerprint density at radius 3 is 2.81 bits per heavy atom. The second kappa shape index (κ2) is 7.83. The summed E-state index contributed by atoms with van der Waals surface area (Å²) in [6, 6.07) is 8.44. The quantitative estimate of drug-likeness (QED) is 0.473. The maximum Gasteiger partial charge on any atom is 0.263 e. The average molecular weight is 400 g/mol. The van der Waals surface area contributed by atoms with Crippen LogP contribution < -0.4 is 5.56 Å². The molecule has 0 bridgehead atoms. The van der Waals surface area contributed by atoms with E-state index in [4.69, 9.17) is 10.2 Å². The number of hydrogen-bond acceptors (Lipinski definition) is 5. The van der Waals surface area contributed by atoms with E-state index in [0.29, 0.717) is 18.1 Å². The van der Waals surface area contributed by atoms with E-state index in [9.17, 15) is 9.18 Å². The summed E-state index contributed by atoms with van der Waals surface area (Å²) in [4.78, 5) is 20.1. The highest BCUT2D eigenvalue weighted by Gasteiger charge is 2.22. The lowest BCUT2D eigenvalue weighted by atomic mass is 9.97. The van der Waals surface area contributed by atoms with Gasteiger partial charge in [-0.15, -0.1) is 11.3 Å². The molecule has 4 rings (SSSR count). The number of halogens is 1. The van der Waals surface area contributed by atoms with Crippen molar-refractivity contribution in [2.24, 2.45) is 0 Å². The largest absolute Gasteiger partial charge is 0.287 e. The summed E-state index contributed by atoms with van der Waals surface area (Å²) in [5.41, 5.74) is 2.13. The SMILES string of the molecule is N#CCSc1nc2sc3c(c2c(=O)n1CCc1ccc(F)cc1)CCCC3. The van der Waals surface area contributed by atoms with Crippen molar-refractivity contribution >= 4 is 33.3 Å². The number of thioether (sulfide) groups is 1. The van der Waals surface area contributed by atoms with Crippen LogP contribution in [0, 0.1) is 17.1 Å². The topological polar surface area (TPSA) is 58.7 Å². The first-order valence-corrected chi connectivity index (χ1v) is 10.8. The third-order valence-electron chi connectivity index (χ3n) is 4.84. The lowest BCUT2D eigenvalue weighted by Gasteiger charge is -2.13. The number of nitriles is 1. The Hall–Kier alpha value is -2.17. The highest BCUT2D eigenvalue weighted by atomic mass is 32.2. The van der Waals surface area contributed by atoms with Crippen molar-refractivity contribution in [3.05, 3.63) is 56.4 Å². The van der Waals surface area contributed by atoms with Crippen LogP contribution in [0.4, 0.5) is 4.39 Å². The standard InChI is InChI=1S/C20H18FN3OS2/c21-14-7-5-13(6-8-14)9-11-24-19(25)17-15-3-1-2-4-16(15)27-18(17)23-20(24)26-12-10-22/h5-8H,1-4,9,11-12H2. The highest BCUT2D eigenvalue weighted by Crippen LogP contribution is 2.34. The molecule has 1 aliphatic carbocycles. The van der Waals surface area contributed by atoms with Crippen LogP contribution in [0.3, 0.4) is 0 Å². The number of aryl methyl sites for hydroxylation is 3. The fraction of sp³-hybridized carbons (Fsp3) is 0.350. The lowest BCUT2D eigenvalue weighted by Crippen LogP contribution is -2.24. The van der Waals surface area contributed by atoms with E-state index >= 15 is 0 Å². The second-order valence-corrected chi connectivity index (χ2v) is 8.59. The van der Waals surface area contributed by atoms with E-state index in [0.717, 1.165) is 41.5 Å². The van der Waals surface area contributed by atoms with Gasteiger partial charge < -0.3 is 0 Å². The molecule has 4 nitrogen and oxygen atoms in total. The van der Waals surface area contributed by atoms with E-state index in [1.165, 1.54) is 34.3 Å². The van der Waals surface area contributed by atoms with Gasteiger partial charge in [0.25, 0.3) is 5.56 Å². The van der Waals surface area contributed by atoms with Gasteiger partial charge in [0, 0.05) is 11.4 Å². The van der Waals surface area contributed by atoms with Gasteiger partial charge in [-0.2, -0.15) is 5.26 Å². The number of fused-ring (bicyclic) bond motifs is 3. The zero-order valence-electron chi connectivity index (χ0n) is 14.7. The summed E-state index contributed by atoms with van der Waals surface area (Å²) >= 11 is 2.92. The Morgan fingerprint density at radius 1 is 1.26 bits per heavy atom. The van der Waals surface area contributed by atoms with Crippen molar-refractivity contribution in [2.75, 3.05) is 5.75 Å². The predicted octanol–water partition coefficient (Wildman–Crippen LogP) is 4.33. The van der Waals surface area contributed by atoms with Crippen LogP contribution in [-0.4, -0.2) is 15.3 Å². The van der Waals surface area contributed by atoms with Gasteiger partial charge in [-0.25, -0.2) is 9.37 Å². The Labute approximate surface area is 164 Å². The van der Waals surface area contributed by atoms with Crippen molar-refractivity contribution in [1.82, 2.24) is 9.55 Å². The molecule has 1 aliphatic rings. The molecule has 0 radical (unpaired) electrons. The third-order valence-corrected chi connectivity index (χ3v) is 6.87. The fourth-order valence-corrected chi connectivity index (χ4v) is 5.51. The molecule has 0 saturated heterocycles. The zero-order valence-corrected chi connectivity index (χ0v) is 16.3. The molecule has 3 aromatic rings. The van der Waals surface area contributed by atoms with Crippen LogP contribution in [0.2, 0.25) is 0 Å². The molecule has 138 valence electrons. The zero-order chi connectivity index (χ0) is 18.8. The molecule has 0 unspecified atom stereocenters. The fourth-order valence-electron chi connectivity index (χ4n) is 3.52. The summed E-state index contributed by atoms with van der Waals surface area (Å²) in [6.07, 6.45) is 4.84. The number of thiophene rings is 1. The minimum absolute atomic E-state index is 0.0121. The minimum Gasteiger partial charge on any atom is -0.287 e. The summed E-state index contributed by atoms with van der Waals surface area (Å²) in [6.45, 7) is 0.464. The normalized spacial score (nSPS) is 13.5. The minimum atomic E-state index is -0.269. The van der Waals surface area contributed by atoms with Crippen molar-refractivity contribution in [3.8, 4) is 6.07 Å². The van der Waals surface area contributed by atoms with Gasteiger partial charge >= 0.3 is 0 Å². The van der Waals surface area contributed by atoms with Gasteiger partial charge in [-0.05, 0) is 55.4 Å². The van der Waals surface area contributed by atoms with Gasteiger partial charge in [0.1, 0.15) is 10.6 Å². The summed E-state index contributed by atoms with van der Waals surface area (Å²) in [5, 5.41) is 10.3. The number of hydrogen-bond donors (Lipinski definition) is 0. The van der Waals surface area contributed by atoms with Gasteiger partial charge in [-0.3, -0.25) is 9.36 Å².